The molecule has 2 N–H and O–H groups in total. The Kier molecular flexibility index (Phi) is 7.83. The molecular weight excluding hydrogens is 464 g/mol. The lowest BCUT2D eigenvalue weighted by Crippen LogP contribution is -2.29. The normalized spacial score (nSPS) is 12.2. The molecule has 0 aliphatic rings. The smallest absolute Gasteiger partial charge is 0.271 e. The van der Waals surface area contributed by atoms with Gasteiger partial charge in [0, 0.05) is 30.8 Å². The van der Waals surface area contributed by atoms with Crippen molar-refractivity contribution in [2.75, 3.05) is 34.4 Å². The SMILES string of the molecule is C/N=c1\n(CC(=O)c2cc(OCCO)c(OC)c(C(C)(C)C)c2)nc2c(C)c(C)c(C(=O)NC)nn12. The first-order valence-corrected chi connectivity index (χ1v) is 11.6. The fraction of sp³-hybridized carbons (Fsp3) is 0.480. The molecule has 0 bridgehead atoms. The molecule has 1 amide bonds. The van der Waals surface area contributed by atoms with Crippen LogP contribution in [0.3, 0.4) is 0 Å². The Morgan fingerprint density at radius 3 is 2.42 bits per heavy atom. The van der Waals surface area contributed by atoms with Crippen molar-refractivity contribution >= 4 is 17.3 Å². The molecule has 2 aromatic heterocycles. The first-order valence-electron chi connectivity index (χ1n) is 11.6. The standard InChI is InChI=1S/C25H34N6O5/c1-14-15(2)22-29-30(24(27-7)31(22)28-20(14)23(34)26-6)13-18(33)16-11-17(25(3,4)5)21(35-8)19(12-16)36-10-9-32/h11-12,32H,9-10,13H2,1-8H3,(H,26,34)/b27-24+. The number of carbonyl (C=O) groups excluding carboxylic acids is 2. The van der Waals surface area contributed by atoms with Crippen LogP contribution in [0, 0.1) is 13.8 Å². The second-order valence-electron chi connectivity index (χ2n) is 9.39. The lowest BCUT2D eigenvalue weighted by molar-refractivity contribution is 0.0950. The van der Waals surface area contributed by atoms with Gasteiger partial charge in [0.1, 0.15) is 13.2 Å². The number of nitrogens with one attached hydrogen (secondary N) is 1. The Hall–Kier alpha value is -3.73. The Morgan fingerprint density at radius 2 is 1.86 bits per heavy atom. The number of amides is 1. The largest absolute Gasteiger partial charge is 0.493 e. The summed E-state index contributed by atoms with van der Waals surface area (Å²) in [5, 5.41) is 20.9. The molecular formula is C25H34N6O5. The highest BCUT2D eigenvalue weighted by Gasteiger charge is 2.26. The van der Waals surface area contributed by atoms with E-state index in [1.807, 2.05) is 27.7 Å². The highest BCUT2D eigenvalue weighted by atomic mass is 16.5. The lowest BCUT2D eigenvalue weighted by atomic mass is 9.84. The van der Waals surface area contributed by atoms with Crippen molar-refractivity contribution in [3.63, 3.8) is 0 Å². The first kappa shape index (κ1) is 26.9. The fourth-order valence-corrected chi connectivity index (χ4v) is 3.92. The minimum atomic E-state index is -0.339. The van der Waals surface area contributed by atoms with E-state index in [0.717, 1.165) is 11.1 Å². The molecule has 0 saturated heterocycles. The van der Waals surface area contributed by atoms with Crippen molar-refractivity contribution in [2.45, 2.75) is 46.6 Å². The van der Waals surface area contributed by atoms with E-state index in [2.05, 4.69) is 20.5 Å². The van der Waals surface area contributed by atoms with Crippen molar-refractivity contribution in [1.29, 1.82) is 0 Å². The Morgan fingerprint density at radius 1 is 1.17 bits per heavy atom. The third-order valence-electron chi connectivity index (χ3n) is 5.96. The number of aromatic nitrogens is 4. The molecule has 3 rings (SSSR count). The van der Waals surface area contributed by atoms with Gasteiger partial charge in [0.05, 0.1) is 13.7 Å². The second-order valence-corrected chi connectivity index (χ2v) is 9.39. The van der Waals surface area contributed by atoms with Crippen LogP contribution in [0.1, 0.15) is 58.3 Å². The van der Waals surface area contributed by atoms with E-state index in [1.165, 1.54) is 9.20 Å². The number of aryl methyl sites for hydroxylation is 1. The second kappa shape index (κ2) is 10.5. The number of benzene rings is 1. The number of ketones is 1. The molecule has 194 valence electrons. The highest BCUT2D eigenvalue weighted by molar-refractivity contribution is 5.97. The molecule has 36 heavy (non-hydrogen) atoms. The van der Waals surface area contributed by atoms with Crippen molar-refractivity contribution in [3.05, 3.63) is 45.7 Å². The topological polar surface area (TPSA) is 132 Å². The van der Waals surface area contributed by atoms with E-state index in [4.69, 9.17) is 9.47 Å². The maximum atomic E-state index is 13.5. The molecule has 11 nitrogen and oxygen atoms in total. The van der Waals surface area contributed by atoms with Gasteiger partial charge in [-0.05, 0) is 37.0 Å². The van der Waals surface area contributed by atoms with E-state index in [0.29, 0.717) is 33.9 Å². The number of hydrogen-bond donors (Lipinski definition) is 2. The van der Waals surface area contributed by atoms with Crippen LogP contribution in [0.4, 0.5) is 0 Å². The summed E-state index contributed by atoms with van der Waals surface area (Å²) in [4.78, 5) is 30.1. The molecule has 0 aliphatic carbocycles. The van der Waals surface area contributed by atoms with E-state index in [9.17, 15) is 14.7 Å². The summed E-state index contributed by atoms with van der Waals surface area (Å²) >= 11 is 0. The van der Waals surface area contributed by atoms with Gasteiger partial charge < -0.3 is 19.9 Å². The number of ether oxygens (including phenoxy) is 2. The first-order chi connectivity index (χ1) is 17.0. The van der Waals surface area contributed by atoms with Crippen LogP contribution in [-0.2, 0) is 12.0 Å². The Balaban J connectivity index is 2.13. The highest BCUT2D eigenvalue weighted by Crippen LogP contribution is 2.40. The maximum absolute atomic E-state index is 13.5. The zero-order chi connectivity index (χ0) is 26.8. The average molecular weight is 499 g/mol. The summed E-state index contributed by atoms with van der Waals surface area (Å²) < 4.78 is 14.2. The molecule has 0 saturated carbocycles. The predicted molar refractivity (Wildman–Crippen MR) is 134 cm³/mol. The summed E-state index contributed by atoms with van der Waals surface area (Å²) in [6, 6.07) is 3.41. The van der Waals surface area contributed by atoms with Gasteiger partial charge in [-0.3, -0.25) is 14.6 Å². The van der Waals surface area contributed by atoms with Crippen LogP contribution < -0.4 is 20.4 Å². The van der Waals surface area contributed by atoms with Gasteiger partial charge in [0.15, 0.2) is 28.6 Å². The third-order valence-corrected chi connectivity index (χ3v) is 5.96. The Labute approximate surface area is 209 Å². The molecule has 0 radical (unpaired) electrons. The molecule has 0 unspecified atom stereocenters. The van der Waals surface area contributed by atoms with Crippen LogP contribution in [0.25, 0.3) is 5.65 Å². The van der Waals surface area contributed by atoms with Gasteiger partial charge in [0.2, 0.25) is 5.62 Å². The number of methoxy groups -OCH3 is 1. The van der Waals surface area contributed by atoms with Crippen molar-refractivity contribution in [3.8, 4) is 11.5 Å². The van der Waals surface area contributed by atoms with E-state index in [-0.39, 0.29) is 42.6 Å². The Bertz CT molecular complexity index is 1380. The van der Waals surface area contributed by atoms with Gasteiger partial charge in [-0.15, -0.1) is 5.10 Å². The summed E-state index contributed by atoms with van der Waals surface area (Å²) in [5.41, 5.74) is 3.42. The number of aliphatic hydroxyl groups is 1. The van der Waals surface area contributed by atoms with Crippen molar-refractivity contribution in [2.24, 2.45) is 4.99 Å². The number of rotatable bonds is 8. The number of Topliss-reactive ketones (excluding diaryl/α,β-unsaturated/α-hetero) is 1. The molecule has 2 heterocycles. The summed E-state index contributed by atoms with van der Waals surface area (Å²) in [6.07, 6.45) is 0. The number of nitrogens with zero attached hydrogens (tertiary/aromatic N) is 5. The van der Waals surface area contributed by atoms with Crippen LogP contribution in [-0.4, -0.2) is 70.6 Å². The molecule has 0 spiro atoms. The molecule has 1 aromatic carbocycles. The lowest BCUT2D eigenvalue weighted by Gasteiger charge is -2.25. The van der Waals surface area contributed by atoms with Crippen LogP contribution in [0.15, 0.2) is 17.1 Å². The van der Waals surface area contributed by atoms with E-state index < -0.39 is 0 Å². The number of aliphatic hydroxyl groups excluding tert-OH is 1. The summed E-state index contributed by atoms with van der Waals surface area (Å²) in [7, 11) is 4.66. The third kappa shape index (κ3) is 4.97. The molecule has 0 atom stereocenters. The van der Waals surface area contributed by atoms with Gasteiger partial charge in [-0.25, -0.2) is 4.68 Å². The average Bonchev–Trinajstić information content (AvgIpc) is 3.19. The molecule has 0 fully saturated rings. The van der Waals surface area contributed by atoms with Gasteiger partial charge in [-0.2, -0.15) is 9.61 Å². The number of carbonyl (C=O) groups is 2. The zero-order valence-corrected chi connectivity index (χ0v) is 22.1. The van der Waals surface area contributed by atoms with Crippen LogP contribution in [0.5, 0.6) is 11.5 Å². The van der Waals surface area contributed by atoms with Gasteiger partial charge >= 0.3 is 0 Å². The van der Waals surface area contributed by atoms with E-state index >= 15 is 0 Å². The fourth-order valence-electron chi connectivity index (χ4n) is 3.92. The van der Waals surface area contributed by atoms with E-state index in [1.54, 1.807) is 40.3 Å². The van der Waals surface area contributed by atoms with Crippen LogP contribution in [0.2, 0.25) is 0 Å². The molecule has 0 aliphatic heterocycles. The minimum absolute atomic E-state index is 0.0651. The van der Waals surface area contributed by atoms with Crippen LogP contribution >= 0.6 is 0 Å². The number of hydrogen-bond acceptors (Lipinski definition) is 8. The minimum Gasteiger partial charge on any atom is -0.493 e. The van der Waals surface area contributed by atoms with Gasteiger partial charge in [0.25, 0.3) is 5.91 Å². The van der Waals surface area contributed by atoms with Gasteiger partial charge in [-0.1, -0.05) is 20.8 Å². The monoisotopic (exact) mass is 498 g/mol. The predicted octanol–water partition coefficient (Wildman–Crippen LogP) is 1.60. The summed E-state index contributed by atoms with van der Waals surface area (Å²) in [6.45, 7) is 9.48. The zero-order valence-electron chi connectivity index (χ0n) is 22.1. The molecule has 3 aromatic rings. The summed E-state index contributed by atoms with van der Waals surface area (Å²) in [5.74, 6) is 0.357. The van der Waals surface area contributed by atoms with Crippen molar-refractivity contribution in [1.82, 2.24) is 24.7 Å². The van der Waals surface area contributed by atoms with Crippen molar-refractivity contribution < 1.29 is 24.2 Å². The maximum Gasteiger partial charge on any atom is 0.271 e. The number of fused-ring (bicyclic) bond motifs is 1. The molecule has 11 heteroatoms. The quantitative estimate of drug-likeness (QED) is 0.451.